The summed E-state index contributed by atoms with van der Waals surface area (Å²) >= 11 is 0. The fourth-order valence-electron chi connectivity index (χ4n) is 2.95. The molecule has 1 saturated heterocycles. The quantitative estimate of drug-likeness (QED) is 0.344. The van der Waals surface area contributed by atoms with Crippen LogP contribution in [0.15, 0.2) is 47.6 Å². The van der Waals surface area contributed by atoms with E-state index in [9.17, 15) is 19.3 Å². The van der Waals surface area contributed by atoms with Gasteiger partial charge in [-0.3, -0.25) is 10.1 Å². The smallest absolute Gasteiger partial charge is 0.365 e. The third kappa shape index (κ3) is 4.28. The van der Waals surface area contributed by atoms with Gasteiger partial charge in [0.2, 0.25) is 0 Å². The van der Waals surface area contributed by atoms with Crippen molar-refractivity contribution in [2.45, 2.75) is 19.8 Å². The molecule has 2 aromatic carbocycles. The third-order valence-corrected chi connectivity index (χ3v) is 4.36. The largest absolute Gasteiger partial charge is 0.366 e. The van der Waals surface area contributed by atoms with E-state index in [0.29, 0.717) is 17.0 Å². The summed E-state index contributed by atoms with van der Waals surface area (Å²) in [5.41, 5.74) is 1.36. The molecule has 1 fully saturated rings. The normalized spacial score (nSPS) is 14.3. The first-order valence-electron chi connectivity index (χ1n) is 8.51. The second-order valence-corrected chi connectivity index (χ2v) is 6.22. The predicted octanol–water partition coefficient (Wildman–Crippen LogP) is 3.92. The minimum Gasteiger partial charge on any atom is -0.366 e. The molecule has 2 aromatic rings. The summed E-state index contributed by atoms with van der Waals surface area (Å²) in [5, 5.41) is 15.2. The average Bonchev–Trinajstić information content (AvgIpc) is 3.19. The van der Waals surface area contributed by atoms with E-state index in [1.54, 1.807) is 19.1 Å². The van der Waals surface area contributed by atoms with Gasteiger partial charge in [0.25, 0.3) is 5.69 Å². The molecule has 0 unspecified atom stereocenters. The summed E-state index contributed by atoms with van der Waals surface area (Å²) in [5.74, 6) is -1.37. The molecule has 1 aliphatic rings. The van der Waals surface area contributed by atoms with Gasteiger partial charge in [0.05, 0.1) is 16.2 Å². The first-order valence-corrected chi connectivity index (χ1v) is 8.51. The van der Waals surface area contributed by atoms with Crippen molar-refractivity contribution in [1.29, 1.82) is 0 Å². The summed E-state index contributed by atoms with van der Waals surface area (Å²) in [6.45, 7) is 3.16. The minimum atomic E-state index is -0.808. The number of anilines is 1. The molecule has 27 heavy (non-hydrogen) atoms. The van der Waals surface area contributed by atoms with Crippen molar-refractivity contribution >= 4 is 23.1 Å². The molecule has 7 nitrogen and oxygen atoms in total. The fraction of sp³-hybridized carbons (Fsp3) is 0.263. The Kier molecular flexibility index (Phi) is 5.44. The second kappa shape index (κ2) is 7.94. The van der Waals surface area contributed by atoms with Crippen LogP contribution in [0.25, 0.3) is 0 Å². The number of carbonyl (C=O) groups excluding carboxylic acids is 1. The molecule has 0 aromatic heterocycles. The molecule has 0 radical (unpaired) electrons. The fourth-order valence-corrected chi connectivity index (χ4v) is 2.95. The Bertz CT molecular complexity index is 908. The molecule has 140 valence electrons. The van der Waals surface area contributed by atoms with Crippen molar-refractivity contribution < 1.29 is 18.9 Å². The summed E-state index contributed by atoms with van der Waals surface area (Å²) in [4.78, 5) is 29.8. The Morgan fingerprint density at radius 3 is 2.59 bits per heavy atom. The van der Waals surface area contributed by atoms with E-state index in [2.05, 4.69) is 5.16 Å². The highest BCUT2D eigenvalue weighted by molar-refractivity contribution is 6.00. The van der Waals surface area contributed by atoms with Crippen LogP contribution in [-0.4, -0.2) is 29.7 Å². The van der Waals surface area contributed by atoms with Crippen LogP contribution in [0.2, 0.25) is 0 Å². The monoisotopic (exact) mass is 371 g/mol. The number of hydrogen-bond acceptors (Lipinski definition) is 6. The molecule has 0 spiro atoms. The second-order valence-electron chi connectivity index (χ2n) is 6.22. The predicted molar refractivity (Wildman–Crippen MR) is 98.6 cm³/mol. The van der Waals surface area contributed by atoms with Crippen LogP contribution >= 0.6 is 0 Å². The van der Waals surface area contributed by atoms with Crippen LogP contribution in [0.1, 0.15) is 35.7 Å². The van der Waals surface area contributed by atoms with Gasteiger partial charge in [-0.1, -0.05) is 17.3 Å². The highest BCUT2D eigenvalue weighted by Gasteiger charge is 2.23. The van der Waals surface area contributed by atoms with Crippen molar-refractivity contribution in [3.63, 3.8) is 0 Å². The molecule has 0 bridgehead atoms. The Morgan fingerprint density at radius 1 is 1.19 bits per heavy atom. The first kappa shape index (κ1) is 18.5. The van der Waals surface area contributed by atoms with Crippen LogP contribution in [0, 0.1) is 15.9 Å². The Labute approximate surface area is 155 Å². The molecular formula is C19H18FN3O4. The van der Waals surface area contributed by atoms with Gasteiger partial charge < -0.3 is 9.74 Å². The molecule has 0 amide bonds. The van der Waals surface area contributed by atoms with Crippen molar-refractivity contribution in [3.05, 3.63) is 69.5 Å². The van der Waals surface area contributed by atoms with Gasteiger partial charge in [-0.25, -0.2) is 9.18 Å². The van der Waals surface area contributed by atoms with Gasteiger partial charge in [0.1, 0.15) is 11.5 Å². The summed E-state index contributed by atoms with van der Waals surface area (Å²) < 4.78 is 13.2. The van der Waals surface area contributed by atoms with Crippen molar-refractivity contribution in [2.24, 2.45) is 5.16 Å². The SMILES string of the molecule is C/C(=N\OC(=O)c1cccc(F)c1)c1ccc(N2CCCC2)c([N+](=O)[O-])c1. The van der Waals surface area contributed by atoms with Gasteiger partial charge in [-0.15, -0.1) is 0 Å². The topological polar surface area (TPSA) is 85.0 Å². The standard InChI is InChI=1S/C19H18FN3O4/c1-13(21-27-19(24)15-5-4-6-16(20)11-15)14-7-8-17(18(12-14)23(25)26)22-9-2-3-10-22/h4-8,11-12H,2-3,9-10H2,1H3/b21-13+. The average molecular weight is 371 g/mol. The number of carbonyl (C=O) groups is 1. The zero-order chi connectivity index (χ0) is 19.4. The maximum Gasteiger partial charge on any atom is 0.365 e. The maximum atomic E-state index is 13.2. The number of benzene rings is 2. The van der Waals surface area contributed by atoms with E-state index < -0.39 is 16.7 Å². The maximum absolute atomic E-state index is 13.2. The van der Waals surface area contributed by atoms with Gasteiger partial charge in [-0.2, -0.15) is 0 Å². The van der Waals surface area contributed by atoms with Crippen LogP contribution < -0.4 is 4.90 Å². The summed E-state index contributed by atoms with van der Waals surface area (Å²) in [6, 6.07) is 9.87. The van der Waals surface area contributed by atoms with Gasteiger partial charge in [0, 0.05) is 24.7 Å². The Balaban J connectivity index is 1.80. The van der Waals surface area contributed by atoms with Crippen LogP contribution in [0.3, 0.4) is 0 Å². The zero-order valence-electron chi connectivity index (χ0n) is 14.7. The number of oxime groups is 1. The number of rotatable bonds is 5. The Hall–Kier alpha value is -3.29. The lowest BCUT2D eigenvalue weighted by molar-refractivity contribution is -0.384. The Morgan fingerprint density at radius 2 is 1.93 bits per heavy atom. The number of hydrogen-bond donors (Lipinski definition) is 0. The first-order chi connectivity index (χ1) is 13.0. The number of nitro groups is 1. The van der Waals surface area contributed by atoms with E-state index >= 15 is 0 Å². The van der Waals surface area contributed by atoms with E-state index in [1.807, 2.05) is 4.90 Å². The molecular weight excluding hydrogens is 353 g/mol. The van der Waals surface area contributed by atoms with E-state index in [-0.39, 0.29) is 11.3 Å². The molecule has 8 heteroatoms. The lowest BCUT2D eigenvalue weighted by Gasteiger charge is -2.17. The number of nitro benzene ring substituents is 1. The van der Waals surface area contributed by atoms with Crippen LogP contribution in [0.4, 0.5) is 15.8 Å². The lowest BCUT2D eigenvalue weighted by atomic mass is 10.1. The van der Waals surface area contributed by atoms with Crippen molar-refractivity contribution in [1.82, 2.24) is 0 Å². The summed E-state index contributed by atoms with van der Waals surface area (Å²) in [7, 11) is 0. The van der Waals surface area contributed by atoms with Crippen LogP contribution in [-0.2, 0) is 4.84 Å². The van der Waals surface area contributed by atoms with Crippen LogP contribution in [0.5, 0.6) is 0 Å². The third-order valence-electron chi connectivity index (χ3n) is 4.36. The highest BCUT2D eigenvalue weighted by atomic mass is 19.1. The zero-order valence-corrected chi connectivity index (χ0v) is 14.7. The molecule has 0 saturated carbocycles. The minimum absolute atomic E-state index is 0.0135. The molecule has 3 rings (SSSR count). The highest BCUT2D eigenvalue weighted by Crippen LogP contribution is 2.31. The summed E-state index contributed by atoms with van der Waals surface area (Å²) in [6.07, 6.45) is 2.02. The number of halogens is 1. The van der Waals surface area contributed by atoms with E-state index in [4.69, 9.17) is 4.84 Å². The van der Waals surface area contributed by atoms with E-state index in [0.717, 1.165) is 32.0 Å². The van der Waals surface area contributed by atoms with Gasteiger partial charge in [-0.05, 0) is 44.0 Å². The molecule has 0 atom stereocenters. The van der Waals surface area contributed by atoms with Gasteiger partial charge in [0.15, 0.2) is 0 Å². The molecule has 0 aliphatic carbocycles. The van der Waals surface area contributed by atoms with Crippen molar-refractivity contribution in [2.75, 3.05) is 18.0 Å². The van der Waals surface area contributed by atoms with E-state index in [1.165, 1.54) is 24.3 Å². The molecule has 0 N–H and O–H groups in total. The van der Waals surface area contributed by atoms with Gasteiger partial charge >= 0.3 is 5.97 Å². The molecule has 1 aliphatic heterocycles. The molecule has 1 heterocycles. The number of nitrogens with zero attached hydrogens (tertiary/aromatic N) is 3. The lowest BCUT2D eigenvalue weighted by Crippen LogP contribution is -2.19. The van der Waals surface area contributed by atoms with Crippen molar-refractivity contribution in [3.8, 4) is 0 Å².